The van der Waals surface area contributed by atoms with Gasteiger partial charge in [0, 0.05) is 6.54 Å². The summed E-state index contributed by atoms with van der Waals surface area (Å²) in [6, 6.07) is -0.299. The van der Waals surface area contributed by atoms with E-state index in [1.807, 2.05) is 4.90 Å². The number of primary amides is 1. The largest absolute Gasteiger partial charge is 0.481 e. The Morgan fingerprint density at radius 3 is 2.56 bits per heavy atom. The number of hydrogen-bond acceptors (Lipinski definition) is 3. The number of nitrogens with zero attached hydrogens (tertiary/aromatic N) is 1. The number of aliphatic carboxylic acids is 1. The zero-order valence-corrected chi connectivity index (χ0v) is 9.90. The van der Waals surface area contributed by atoms with Crippen LogP contribution in [0.1, 0.15) is 33.1 Å². The number of carboxylic acid groups (broad SMARTS) is 1. The topological polar surface area (TPSA) is 83.6 Å². The standard InChI is InChI=1S/C11H20N2O3/c1-11(2,10(15)16)7-13-6-4-3-5-8(13)9(12)14/h8H,3-7H2,1-2H3,(H2,12,14)(H,15,16). The summed E-state index contributed by atoms with van der Waals surface area (Å²) in [6.45, 7) is 4.46. The maximum atomic E-state index is 11.3. The van der Waals surface area contributed by atoms with Crippen LogP contribution < -0.4 is 5.73 Å². The molecule has 92 valence electrons. The quantitative estimate of drug-likeness (QED) is 0.731. The van der Waals surface area contributed by atoms with Crippen LogP contribution in [0, 0.1) is 5.41 Å². The molecule has 0 bridgehead atoms. The molecule has 5 nitrogen and oxygen atoms in total. The fourth-order valence-corrected chi connectivity index (χ4v) is 2.08. The number of piperidine rings is 1. The molecular formula is C11H20N2O3. The van der Waals surface area contributed by atoms with Crippen molar-refractivity contribution in [2.24, 2.45) is 11.1 Å². The van der Waals surface area contributed by atoms with Crippen molar-refractivity contribution in [3.63, 3.8) is 0 Å². The highest BCUT2D eigenvalue weighted by molar-refractivity contribution is 5.80. The van der Waals surface area contributed by atoms with Crippen LogP contribution in [-0.4, -0.2) is 41.0 Å². The van der Waals surface area contributed by atoms with E-state index in [2.05, 4.69) is 0 Å². The highest BCUT2D eigenvalue weighted by atomic mass is 16.4. The normalized spacial score (nSPS) is 23.0. The van der Waals surface area contributed by atoms with E-state index in [0.29, 0.717) is 6.54 Å². The lowest BCUT2D eigenvalue weighted by molar-refractivity contribution is -0.149. The van der Waals surface area contributed by atoms with Crippen molar-refractivity contribution in [2.45, 2.75) is 39.2 Å². The van der Waals surface area contributed by atoms with E-state index in [9.17, 15) is 9.59 Å². The van der Waals surface area contributed by atoms with Crippen molar-refractivity contribution in [1.29, 1.82) is 0 Å². The average Bonchev–Trinajstić information content (AvgIpc) is 2.17. The summed E-state index contributed by atoms with van der Waals surface area (Å²) in [6.07, 6.45) is 2.72. The molecule has 1 atom stereocenters. The summed E-state index contributed by atoms with van der Waals surface area (Å²) < 4.78 is 0. The highest BCUT2D eigenvalue weighted by Crippen LogP contribution is 2.23. The minimum absolute atomic E-state index is 0.299. The number of nitrogens with two attached hydrogens (primary N) is 1. The Kier molecular flexibility index (Phi) is 3.91. The van der Waals surface area contributed by atoms with Crippen molar-refractivity contribution in [1.82, 2.24) is 4.90 Å². The zero-order valence-electron chi connectivity index (χ0n) is 9.90. The summed E-state index contributed by atoms with van der Waals surface area (Å²) in [5, 5.41) is 9.05. The molecule has 1 unspecified atom stereocenters. The molecule has 3 N–H and O–H groups in total. The lowest BCUT2D eigenvalue weighted by Gasteiger charge is -2.37. The molecule has 1 saturated heterocycles. The number of likely N-dealkylation sites (tertiary alicyclic amines) is 1. The molecule has 1 rings (SSSR count). The van der Waals surface area contributed by atoms with Crippen LogP contribution in [0.5, 0.6) is 0 Å². The van der Waals surface area contributed by atoms with Crippen molar-refractivity contribution in [3.05, 3.63) is 0 Å². The van der Waals surface area contributed by atoms with E-state index in [1.165, 1.54) is 0 Å². The first-order valence-corrected chi connectivity index (χ1v) is 5.61. The summed E-state index contributed by atoms with van der Waals surface area (Å²) in [5.41, 5.74) is 4.48. The number of carbonyl (C=O) groups excluding carboxylic acids is 1. The van der Waals surface area contributed by atoms with Gasteiger partial charge < -0.3 is 10.8 Å². The van der Waals surface area contributed by atoms with Gasteiger partial charge in [-0.3, -0.25) is 14.5 Å². The molecule has 1 heterocycles. The van der Waals surface area contributed by atoms with Gasteiger partial charge in [0.1, 0.15) is 0 Å². The Balaban J connectivity index is 2.70. The summed E-state index contributed by atoms with van der Waals surface area (Å²) in [5.74, 6) is -1.19. The molecule has 16 heavy (non-hydrogen) atoms. The predicted molar refractivity (Wildman–Crippen MR) is 59.8 cm³/mol. The van der Waals surface area contributed by atoms with Crippen molar-refractivity contribution in [2.75, 3.05) is 13.1 Å². The van der Waals surface area contributed by atoms with Gasteiger partial charge in [-0.25, -0.2) is 0 Å². The molecule has 1 aliphatic heterocycles. The third-order valence-electron chi connectivity index (χ3n) is 3.12. The number of hydrogen-bond donors (Lipinski definition) is 2. The Morgan fingerprint density at radius 1 is 1.44 bits per heavy atom. The smallest absolute Gasteiger partial charge is 0.310 e. The molecular weight excluding hydrogens is 208 g/mol. The van der Waals surface area contributed by atoms with Crippen LogP contribution >= 0.6 is 0 Å². The maximum absolute atomic E-state index is 11.3. The van der Waals surface area contributed by atoms with Crippen LogP contribution in [0.2, 0.25) is 0 Å². The minimum atomic E-state index is -0.846. The highest BCUT2D eigenvalue weighted by Gasteiger charge is 2.35. The molecule has 0 saturated carbocycles. The average molecular weight is 228 g/mol. The zero-order chi connectivity index (χ0) is 12.3. The molecule has 1 aliphatic rings. The molecule has 0 aromatic carbocycles. The molecule has 0 spiro atoms. The Labute approximate surface area is 95.6 Å². The van der Waals surface area contributed by atoms with Crippen molar-refractivity contribution < 1.29 is 14.7 Å². The van der Waals surface area contributed by atoms with E-state index in [1.54, 1.807) is 13.8 Å². The van der Waals surface area contributed by atoms with Gasteiger partial charge in [-0.15, -0.1) is 0 Å². The first kappa shape index (κ1) is 13.0. The number of carbonyl (C=O) groups is 2. The van der Waals surface area contributed by atoms with E-state index >= 15 is 0 Å². The lowest BCUT2D eigenvalue weighted by Crippen LogP contribution is -2.52. The van der Waals surface area contributed by atoms with Crippen LogP contribution in [0.25, 0.3) is 0 Å². The van der Waals surface area contributed by atoms with Gasteiger partial charge in [-0.05, 0) is 33.2 Å². The summed E-state index contributed by atoms with van der Waals surface area (Å²) in [4.78, 5) is 24.2. The SMILES string of the molecule is CC(C)(CN1CCCCC1C(N)=O)C(=O)O. The lowest BCUT2D eigenvalue weighted by atomic mass is 9.90. The second-order valence-corrected chi connectivity index (χ2v) is 5.07. The number of rotatable bonds is 4. The fourth-order valence-electron chi connectivity index (χ4n) is 2.08. The van der Waals surface area contributed by atoms with Crippen LogP contribution in [0.3, 0.4) is 0 Å². The summed E-state index contributed by atoms with van der Waals surface area (Å²) in [7, 11) is 0. The first-order chi connectivity index (χ1) is 7.34. The van der Waals surface area contributed by atoms with Gasteiger partial charge in [0.15, 0.2) is 0 Å². The Hall–Kier alpha value is -1.10. The van der Waals surface area contributed by atoms with Gasteiger partial charge >= 0.3 is 5.97 Å². The third-order valence-corrected chi connectivity index (χ3v) is 3.12. The molecule has 0 radical (unpaired) electrons. The van der Waals surface area contributed by atoms with Gasteiger partial charge in [-0.1, -0.05) is 6.42 Å². The molecule has 5 heteroatoms. The molecule has 0 aromatic heterocycles. The second kappa shape index (κ2) is 4.82. The van der Waals surface area contributed by atoms with E-state index in [0.717, 1.165) is 25.8 Å². The van der Waals surface area contributed by atoms with Gasteiger partial charge in [0.25, 0.3) is 0 Å². The molecule has 1 amide bonds. The van der Waals surface area contributed by atoms with E-state index in [-0.39, 0.29) is 11.9 Å². The van der Waals surface area contributed by atoms with Crippen LogP contribution in [0.15, 0.2) is 0 Å². The monoisotopic (exact) mass is 228 g/mol. The van der Waals surface area contributed by atoms with E-state index < -0.39 is 11.4 Å². The molecule has 0 aliphatic carbocycles. The Morgan fingerprint density at radius 2 is 2.06 bits per heavy atom. The van der Waals surface area contributed by atoms with Gasteiger partial charge in [0.05, 0.1) is 11.5 Å². The minimum Gasteiger partial charge on any atom is -0.481 e. The van der Waals surface area contributed by atoms with Crippen LogP contribution in [0.4, 0.5) is 0 Å². The fraction of sp³-hybridized carbons (Fsp3) is 0.818. The summed E-state index contributed by atoms with van der Waals surface area (Å²) >= 11 is 0. The van der Waals surface area contributed by atoms with Gasteiger partial charge in [-0.2, -0.15) is 0 Å². The van der Waals surface area contributed by atoms with Crippen LogP contribution in [-0.2, 0) is 9.59 Å². The molecule has 1 fully saturated rings. The number of amides is 1. The second-order valence-electron chi connectivity index (χ2n) is 5.07. The third kappa shape index (κ3) is 2.95. The first-order valence-electron chi connectivity index (χ1n) is 5.61. The Bertz CT molecular complexity index is 289. The van der Waals surface area contributed by atoms with Crippen molar-refractivity contribution >= 4 is 11.9 Å². The maximum Gasteiger partial charge on any atom is 0.310 e. The predicted octanol–water partition coefficient (Wildman–Crippen LogP) is 0.437. The van der Waals surface area contributed by atoms with E-state index in [4.69, 9.17) is 10.8 Å². The number of carboxylic acids is 1. The molecule has 0 aromatic rings. The van der Waals surface area contributed by atoms with Gasteiger partial charge in [0.2, 0.25) is 5.91 Å². The van der Waals surface area contributed by atoms with Crippen molar-refractivity contribution in [3.8, 4) is 0 Å².